The maximum atomic E-state index is 11.9. The maximum Gasteiger partial charge on any atom is 0.229 e. The second-order valence-electron chi connectivity index (χ2n) is 4.74. The van der Waals surface area contributed by atoms with Gasteiger partial charge in [-0.05, 0) is 25.2 Å². The van der Waals surface area contributed by atoms with Gasteiger partial charge in [0.15, 0.2) is 5.82 Å². The number of aromatic amines is 1. The Kier molecular flexibility index (Phi) is 7.35. The largest absolute Gasteiger partial charge is 0.319 e. The predicted octanol–water partition coefficient (Wildman–Crippen LogP) is 3.71. The van der Waals surface area contributed by atoms with Crippen molar-refractivity contribution in [1.29, 1.82) is 0 Å². The fraction of sp³-hybridized carbons (Fsp3) is 0.286. The van der Waals surface area contributed by atoms with Gasteiger partial charge in [0.1, 0.15) is 0 Å². The van der Waals surface area contributed by atoms with Crippen molar-refractivity contribution < 1.29 is 4.79 Å². The first-order valence-electron chi connectivity index (χ1n) is 6.47. The summed E-state index contributed by atoms with van der Waals surface area (Å²) in [6.07, 6.45) is 0. The van der Waals surface area contributed by atoms with Crippen LogP contribution in [0.5, 0.6) is 0 Å². The summed E-state index contributed by atoms with van der Waals surface area (Å²) in [4.78, 5) is 11.9. The van der Waals surface area contributed by atoms with E-state index in [1.807, 2.05) is 26.1 Å². The Morgan fingerprint density at radius 3 is 2.86 bits per heavy atom. The number of hydrogen-bond donors (Lipinski definition) is 3. The molecule has 0 saturated carbocycles. The minimum atomic E-state index is -0.135. The number of rotatable bonds is 5. The molecular weight excluding hydrogens is 391 g/mol. The molecule has 2 aromatic rings. The Bertz CT molecular complexity index is 648. The predicted molar refractivity (Wildman–Crippen MR) is 95.7 cm³/mol. The highest BCUT2D eigenvalue weighted by Gasteiger charge is 2.14. The van der Waals surface area contributed by atoms with E-state index in [2.05, 4.69) is 36.8 Å². The summed E-state index contributed by atoms with van der Waals surface area (Å²) in [5, 5.41) is 13.3. The molecule has 0 aliphatic heterocycles. The van der Waals surface area contributed by atoms with Gasteiger partial charge in [0, 0.05) is 28.6 Å². The quantitative estimate of drug-likeness (QED) is 0.707. The van der Waals surface area contributed by atoms with E-state index in [9.17, 15) is 4.79 Å². The van der Waals surface area contributed by atoms with Crippen LogP contribution in [0.2, 0.25) is 5.02 Å². The first-order chi connectivity index (χ1) is 10.0. The average Bonchev–Trinajstić information content (AvgIpc) is 2.90. The number of H-pyrrole nitrogens is 1. The summed E-state index contributed by atoms with van der Waals surface area (Å²) in [6.45, 7) is 2.46. The lowest BCUT2D eigenvalue weighted by molar-refractivity contribution is -0.119. The first-order valence-corrected chi connectivity index (χ1v) is 7.64. The van der Waals surface area contributed by atoms with E-state index in [-0.39, 0.29) is 24.2 Å². The van der Waals surface area contributed by atoms with Crippen LogP contribution < -0.4 is 10.6 Å². The zero-order valence-electron chi connectivity index (χ0n) is 12.1. The van der Waals surface area contributed by atoms with E-state index in [1.165, 1.54) is 0 Å². The number of halogens is 3. The van der Waals surface area contributed by atoms with Gasteiger partial charge in [-0.15, -0.1) is 12.4 Å². The third kappa shape index (κ3) is 4.71. The number of anilines is 1. The number of nitrogens with one attached hydrogen (secondary N) is 3. The van der Waals surface area contributed by atoms with Gasteiger partial charge in [-0.25, -0.2) is 0 Å². The molecule has 1 heterocycles. The van der Waals surface area contributed by atoms with E-state index in [0.717, 1.165) is 15.7 Å². The van der Waals surface area contributed by atoms with Crippen molar-refractivity contribution >= 4 is 51.7 Å². The van der Waals surface area contributed by atoms with Crippen LogP contribution in [-0.4, -0.2) is 29.7 Å². The summed E-state index contributed by atoms with van der Waals surface area (Å²) < 4.78 is 0.921. The number of amides is 1. The van der Waals surface area contributed by atoms with Gasteiger partial charge in [0.2, 0.25) is 5.91 Å². The molecule has 8 heteroatoms. The van der Waals surface area contributed by atoms with Gasteiger partial charge < -0.3 is 10.6 Å². The van der Waals surface area contributed by atoms with Crippen LogP contribution in [0.25, 0.3) is 11.3 Å². The molecule has 22 heavy (non-hydrogen) atoms. The fourth-order valence-corrected chi connectivity index (χ4v) is 2.46. The standard InChI is InChI=1S/C14H16BrClN4O.ClH/c1-8(7-17-2)14(21)18-13-6-12(19-20-13)10-5-9(15)3-4-11(10)16;/h3-6,8,17H,7H2,1-2H3,(H2,18,19,20,21);1H. The van der Waals surface area contributed by atoms with Crippen LogP contribution in [0.4, 0.5) is 5.82 Å². The Balaban J connectivity index is 0.00000242. The van der Waals surface area contributed by atoms with Crippen LogP contribution in [-0.2, 0) is 4.79 Å². The minimum Gasteiger partial charge on any atom is -0.319 e. The van der Waals surface area contributed by atoms with Crippen molar-refractivity contribution in [3.63, 3.8) is 0 Å². The Labute approximate surface area is 148 Å². The van der Waals surface area contributed by atoms with E-state index in [1.54, 1.807) is 12.1 Å². The molecule has 120 valence electrons. The topological polar surface area (TPSA) is 69.8 Å². The van der Waals surface area contributed by atoms with E-state index >= 15 is 0 Å². The highest BCUT2D eigenvalue weighted by molar-refractivity contribution is 9.10. The lowest BCUT2D eigenvalue weighted by Crippen LogP contribution is -2.28. The minimum absolute atomic E-state index is 0. The molecule has 2 rings (SSSR count). The van der Waals surface area contributed by atoms with Crippen molar-refractivity contribution in [2.24, 2.45) is 5.92 Å². The number of nitrogens with zero attached hydrogens (tertiary/aromatic N) is 1. The molecule has 3 N–H and O–H groups in total. The third-order valence-electron chi connectivity index (χ3n) is 3.01. The van der Waals surface area contributed by atoms with Crippen molar-refractivity contribution in [2.75, 3.05) is 18.9 Å². The fourth-order valence-electron chi connectivity index (χ4n) is 1.88. The van der Waals surface area contributed by atoms with Crippen molar-refractivity contribution in [3.8, 4) is 11.3 Å². The molecule has 0 bridgehead atoms. The van der Waals surface area contributed by atoms with Crippen LogP contribution in [0, 0.1) is 5.92 Å². The van der Waals surface area contributed by atoms with Crippen LogP contribution in [0.3, 0.4) is 0 Å². The molecule has 0 aliphatic rings. The molecule has 1 unspecified atom stereocenters. The first kappa shape index (κ1) is 19.0. The van der Waals surface area contributed by atoms with Crippen LogP contribution >= 0.6 is 39.9 Å². The van der Waals surface area contributed by atoms with Crippen molar-refractivity contribution in [2.45, 2.75) is 6.92 Å². The average molecular weight is 408 g/mol. The van der Waals surface area contributed by atoms with Gasteiger partial charge in [-0.1, -0.05) is 34.5 Å². The van der Waals surface area contributed by atoms with E-state index in [0.29, 0.717) is 17.4 Å². The third-order valence-corrected chi connectivity index (χ3v) is 3.83. The smallest absolute Gasteiger partial charge is 0.229 e. The molecule has 5 nitrogen and oxygen atoms in total. The Hall–Kier alpha value is -1.08. The summed E-state index contributed by atoms with van der Waals surface area (Å²) in [7, 11) is 1.81. The van der Waals surface area contributed by atoms with Gasteiger partial charge in [-0.3, -0.25) is 9.89 Å². The molecule has 0 saturated heterocycles. The number of hydrogen-bond acceptors (Lipinski definition) is 3. The lowest BCUT2D eigenvalue weighted by atomic mass is 10.1. The molecule has 0 radical (unpaired) electrons. The summed E-state index contributed by atoms with van der Waals surface area (Å²) in [5.41, 5.74) is 1.57. The highest BCUT2D eigenvalue weighted by atomic mass is 79.9. The van der Waals surface area contributed by atoms with Gasteiger partial charge in [0.05, 0.1) is 10.7 Å². The van der Waals surface area contributed by atoms with E-state index in [4.69, 9.17) is 11.6 Å². The summed E-state index contributed by atoms with van der Waals surface area (Å²) in [5.74, 6) is 0.265. The number of carbonyl (C=O) groups is 1. The van der Waals surface area contributed by atoms with Gasteiger partial charge in [0.25, 0.3) is 0 Å². The summed E-state index contributed by atoms with van der Waals surface area (Å²) >= 11 is 9.58. The molecule has 1 atom stereocenters. The Morgan fingerprint density at radius 1 is 1.45 bits per heavy atom. The molecule has 0 fully saturated rings. The molecule has 1 amide bonds. The SMILES string of the molecule is CNCC(C)C(=O)Nc1cc(-c2cc(Br)ccc2Cl)[nH]n1.Cl. The van der Waals surface area contributed by atoms with Crippen LogP contribution in [0.1, 0.15) is 6.92 Å². The monoisotopic (exact) mass is 406 g/mol. The van der Waals surface area contributed by atoms with Crippen LogP contribution in [0.15, 0.2) is 28.7 Å². The van der Waals surface area contributed by atoms with Crippen molar-refractivity contribution in [1.82, 2.24) is 15.5 Å². The van der Waals surface area contributed by atoms with Gasteiger partial charge in [-0.2, -0.15) is 5.10 Å². The Morgan fingerprint density at radius 2 is 2.18 bits per heavy atom. The maximum absolute atomic E-state index is 11.9. The molecular formula is C14H17BrCl2N4O. The number of carbonyl (C=O) groups excluding carboxylic acids is 1. The van der Waals surface area contributed by atoms with E-state index < -0.39 is 0 Å². The lowest BCUT2D eigenvalue weighted by Gasteiger charge is -2.09. The highest BCUT2D eigenvalue weighted by Crippen LogP contribution is 2.30. The second-order valence-corrected chi connectivity index (χ2v) is 6.06. The van der Waals surface area contributed by atoms with Crippen molar-refractivity contribution in [3.05, 3.63) is 33.8 Å². The van der Waals surface area contributed by atoms with Gasteiger partial charge >= 0.3 is 0 Å². The number of aromatic nitrogens is 2. The zero-order chi connectivity index (χ0) is 15.4. The molecule has 1 aromatic heterocycles. The molecule has 1 aromatic carbocycles. The zero-order valence-corrected chi connectivity index (χ0v) is 15.3. The second kappa shape index (κ2) is 8.53. The normalized spacial score (nSPS) is 11.6. The number of benzene rings is 1. The summed E-state index contributed by atoms with van der Waals surface area (Å²) in [6, 6.07) is 7.32. The molecule has 0 aliphatic carbocycles. The molecule has 0 spiro atoms.